The first-order chi connectivity index (χ1) is 15.3. The van der Waals surface area contributed by atoms with E-state index in [4.69, 9.17) is 11.5 Å². The van der Waals surface area contributed by atoms with Gasteiger partial charge < -0.3 is 16.8 Å². The van der Waals surface area contributed by atoms with Crippen LogP contribution in [0.2, 0.25) is 0 Å². The van der Waals surface area contributed by atoms with Crippen LogP contribution in [0.5, 0.6) is 0 Å². The summed E-state index contributed by atoms with van der Waals surface area (Å²) in [6, 6.07) is 3.78. The number of nitrogens with one attached hydrogen (secondary N) is 1. The number of nitrogens with zero attached hydrogens (tertiary/aromatic N) is 3. The quantitative estimate of drug-likeness (QED) is 0.550. The summed E-state index contributed by atoms with van der Waals surface area (Å²) in [5.41, 5.74) is 13.5. The van der Waals surface area contributed by atoms with E-state index in [0.717, 1.165) is 61.3 Å². The maximum atomic E-state index is 14.2. The first-order valence-electron chi connectivity index (χ1n) is 10.6. The molecule has 2 aromatic heterocycles. The molecule has 0 spiro atoms. The van der Waals surface area contributed by atoms with Gasteiger partial charge in [0.2, 0.25) is 0 Å². The number of hydrogen-bond donors (Lipinski definition) is 3. The fourth-order valence-electron chi connectivity index (χ4n) is 5.42. The number of anilines is 2. The number of aromatic nitrogens is 3. The molecule has 0 aliphatic heterocycles. The summed E-state index contributed by atoms with van der Waals surface area (Å²) >= 11 is 0.874. The van der Waals surface area contributed by atoms with Gasteiger partial charge in [-0.25, -0.2) is 13.8 Å². The maximum Gasteiger partial charge on any atom is 0.277 e. The van der Waals surface area contributed by atoms with Crippen LogP contribution in [-0.4, -0.2) is 26.7 Å². The molecule has 32 heavy (non-hydrogen) atoms. The lowest BCUT2D eigenvalue weighted by molar-refractivity contribution is 0.102. The maximum absolute atomic E-state index is 14.2. The van der Waals surface area contributed by atoms with Crippen molar-refractivity contribution in [3.05, 3.63) is 47.4 Å². The number of aryl methyl sites for hydroxylation is 1. The zero-order chi connectivity index (χ0) is 22.6. The number of carbonyl (C=O) groups is 1. The lowest BCUT2D eigenvalue weighted by Crippen LogP contribution is -2.38. The molecular formula is C22H24F2N6OS. The molecule has 5 N–H and O–H groups in total. The monoisotopic (exact) mass is 458 g/mol. The molecule has 2 aliphatic rings. The molecule has 1 aromatic carbocycles. The zero-order valence-corrected chi connectivity index (χ0v) is 18.4. The highest BCUT2D eigenvalue weighted by atomic mass is 32.1. The van der Waals surface area contributed by atoms with E-state index >= 15 is 0 Å². The lowest BCUT2D eigenvalue weighted by Gasteiger charge is -2.36. The van der Waals surface area contributed by atoms with Crippen molar-refractivity contribution in [2.75, 3.05) is 11.1 Å². The molecule has 2 aliphatic carbocycles. The number of nitrogens with two attached hydrogens (primary N) is 2. The highest BCUT2D eigenvalue weighted by molar-refractivity contribution is 7.19. The predicted molar refractivity (Wildman–Crippen MR) is 119 cm³/mol. The predicted octanol–water partition coefficient (Wildman–Crippen LogP) is 3.82. The van der Waals surface area contributed by atoms with Crippen LogP contribution in [-0.2, 0) is 12.5 Å². The van der Waals surface area contributed by atoms with Crippen LogP contribution >= 0.6 is 11.3 Å². The summed E-state index contributed by atoms with van der Waals surface area (Å²) in [4.78, 5) is 17.2. The Morgan fingerprint density at radius 3 is 2.75 bits per heavy atom. The van der Waals surface area contributed by atoms with Gasteiger partial charge in [-0.1, -0.05) is 17.4 Å². The van der Waals surface area contributed by atoms with Gasteiger partial charge in [0, 0.05) is 18.5 Å². The first-order valence-corrected chi connectivity index (χ1v) is 11.4. The Morgan fingerprint density at radius 2 is 2.00 bits per heavy atom. The van der Waals surface area contributed by atoms with Crippen molar-refractivity contribution in [3.63, 3.8) is 0 Å². The summed E-state index contributed by atoms with van der Waals surface area (Å²) in [6.07, 6.45) is 6.57. The number of hydrogen-bond acceptors (Lipinski definition) is 6. The molecule has 1 amide bonds. The van der Waals surface area contributed by atoms with Crippen molar-refractivity contribution in [2.24, 2.45) is 18.7 Å². The third kappa shape index (κ3) is 3.29. The zero-order valence-electron chi connectivity index (χ0n) is 17.6. The Labute approximate surface area is 187 Å². The minimum atomic E-state index is -0.759. The van der Waals surface area contributed by atoms with Crippen molar-refractivity contribution in [1.29, 1.82) is 0 Å². The van der Waals surface area contributed by atoms with E-state index in [-0.39, 0.29) is 32.7 Å². The summed E-state index contributed by atoms with van der Waals surface area (Å²) in [6.45, 7) is 0. The third-order valence-corrected chi connectivity index (χ3v) is 7.84. The van der Waals surface area contributed by atoms with Gasteiger partial charge >= 0.3 is 0 Å². The molecule has 3 aromatic rings. The standard InChI is InChI=1S/C22H24F2N6OS/c1-30-18(22-7-5-11(9-22)14(25)6-8-22)15(10-27-30)28-20(31)17-19(26)32-21(29-17)16-12(23)3-2-4-13(16)24/h2-4,10-11,14H,5-9,25-26H2,1H3,(H,28,31)/t11-,14+,22+/m0/s1. The molecule has 0 radical (unpaired) electrons. The molecule has 5 rings (SSSR count). The molecule has 2 heterocycles. The number of benzene rings is 1. The first kappa shape index (κ1) is 21.0. The highest BCUT2D eigenvalue weighted by Crippen LogP contribution is 2.54. The van der Waals surface area contributed by atoms with Crippen LogP contribution in [0.3, 0.4) is 0 Å². The summed E-state index contributed by atoms with van der Waals surface area (Å²) in [5.74, 6) is -1.57. The summed E-state index contributed by atoms with van der Waals surface area (Å²) < 4.78 is 30.1. The second-order valence-electron chi connectivity index (χ2n) is 8.80. The van der Waals surface area contributed by atoms with Gasteiger partial charge in [-0.05, 0) is 50.2 Å². The van der Waals surface area contributed by atoms with Gasteiger partial charge in [-0.2, -0.15) is 5.10 Å². The molecule has 2 saturated carbocycles. The lowest BCUT2D eigenvalue weighted by atomic mass is 9.71. The van der Waals surface area contributed by atoms with Gasteiger partial charge in [-0.3, -0.25) is 9.48 Å². The van der Waals surface area contributed by atoms with Crippen LogP contribution in [0.1, 0.15) is 48.3 Å². The van der Waals surface area contributed by atoms with E-state index in [1.807, 2.05) is 11.7 Å². The molecule has 3 atom stereocenters. The van der Waals surface area contributed by atoms with Crippen LogP contribution < -0.4 is 16.8 Å². The van der Waals surface area contributed by atoms with Crippen LogP contribution in [0, 0.1) is 17.6 Å². The largest absolute Gasteiger partial charge is 0.389 e. The van der Waals surface area contributed by atoms with E-state index in [0.29, 0.717) is 11.6 Å². The summed E-state index contributed by atoms with van der Waals surface area (Å²) in [7, 11) is 1.87. The Kier molecular flexibility index (Phi) is 5.01. The average molecular weight is 459 g/mol. The van der Waals surface area contributed by atoms with Crippen molar-refractivity contribution >= 4 is 27.9 Å². The fourth-order valence-corrected chi connectivity index (χ4v) is 6.29. The summed E-state index contributed by atoms with van der Waals surface area (Å²) in [5, 5.41) is 7.39. The van der Waals surface area contributed by atoms with Gasteiger partial charge in [-0.15, -0.1) is 0 Å². The van der Waals surface area contributed by atoms with Gasteiger partial charge in [0.05, 0.1) is 23.1 Å². The van der Waals surface area contributed by atoms with Crippen molar-refractivity contribution in [1.82, 2.24) is 14.8 Å². The second kappa shape index (κ2) is 7.63. The highest BCUT2D eigenvalue weighted by Gasteiger charge is 2.49. The number of rotatable bonds is 4. The van der Waals surface area contributed by atoms with E-state index in [2.05, 4.69) is 15.4 Å². The molecule has 2 fully saturated rings. The van der Waals surface area contributed by atoms with Crippen LogP contribution in [0.4, 0.5) is 19.5 Å². The Balaban J connectivity index is 1.45. The van der Waals surface area contributed by atoms with Gasteiger partial charge in [0.1, 0.15) is 21.6 Å². The van der Waals surface area contributed by atoms with E-state index in [1.165, 1.54) is 6.07 Å². The Bertz CT molecular complexity index is 1190. The Morgan fingerprint density at radius 1 is 1.28 bits per heavy atom. The van der Waals surface area contributed by atoms with Crippen LogP contribution in [0.25, 0.3) is 10.6 Å². The van der Waals surface area contributed by atoms with E-state index in [9.17, 15) is 13.6 Å². The number of amides is 1. The number of nitrogen functional groups attached to an aromatic ring is 1. The topological polar surface area (TPSA) is 112 Å². The Hall–Kier alpha value is -2.85. The van der Waals surface area contributed by atoms with Crippen molar-refractivity contribution in [3.8, 4) is 10.6 Å². The third-order valence-electron chi connectivity index (χ3n) is 6.94. The molecule has 0 saturated heterocycles. The fraction of sp³-hybridized carbons (Fsp3) is 0.409. The van der Waals surface area contributed by atoms with E-state index in [1.54, 1.807) is 6.20 Å². The number of fused-ring (bicyclic) bond motifs is 2. The minimum Gasteiger partial charge on any atom is -0.389 e. The second-order valence-corrected chi connectivity index (χ2v) is 9.83. The van der Waals surface area contributed by atoms with Gasteiger partial charge in [0.15, 0.2) is 5.69 Å². The molecular weight excluding hydrogens is 434 g/mol. The van der Waals surface area contributed by atoms with Crippen LogP contribution in [0.15, 0.2) is 24.4 Å². The molecule has 2 bridgehead atoms. The number of carbonyl (C=O) groups excluding carboxylic acids is 1. The van der Waals surface area contributed by atoms with E-state index < -0.39 is 17.5 Å². The normalized spacial score (nSPS) is 24.6. The average Bonchev–Trinajstić information content (AvgIpc) is 3.42. The number of halogens is 2. The minimum absolute atomic E-state index is 0.0214. The molecule has 0 unspecified atom stereocenters. The number of thiazole rings is 1. The molecule has 7 nitrogen and oxygen atoms in total. The van der Waals surface area contributed by atoms with Crippen molar-refractivity contribution < 1.29 is 13.6 Å². The smallest absolute Gasteiger partial charge is 0.277 e. The molecule has 168 valence electrons. The van der Waals surface area contributed by atoms with Crippen molar-refractivity contribution in [2.45, 2.75) is 43.6 Å². The SMILES string of the molecule is Cn1ncc(NC(=O)c2nc(-c3c(F)cccc3F)sc2N)c1[C@@]12CC[C@@H](C1)[C@H](N)CC2. The molecule has 10 heteroatoms. The van der Waals surface area contributed by atoms with Gasteiger partial charge in [0.25, 0.3) is 5.91 Å².